The van der Waals surface area contributed by atoms with Crippen molar-refractivity contribution in [2.75, 3.05) is 5.32 Å². The molecule has 2 unspecified atom stereocenters. The van der Waals surface area contributed by atoms with Crippen molar-refractivity contribution < 1.29 is 4.74 Å². The van der Waals surface area contributed by atoms with Gasteiger partial charge in [0, 0.05) is 0 Å². The molecule has 1 aromatic rings. The highest BCUT2D eigenvalue weighted by atomic mass is 16.5. The Kier molecular flexibility index (Phi) is 1.36. The second-order valence-electron chi connectivity index (χ2n) is 3.49. The third-order valence-corrected chi connectivity index (χ3v) is 2.60. The van der Waals surface area contributed by atoms with Gasteiger partial charge in [0.1, 0.15) is 11.9 Å². The van der Waals surface area contributed by atoms with Crippen LogP contribution in [-0.4, -0.2) is 12.1 Å². The molecule has 2 aliphatic rings. The topological polar surface area (TPSA) is 21.3 Å². The van der Waals surface area contributed by atoms with E-state index in [1.54, 1.807) is 0 Å². The Morgan fingerprint density at radius 2 is 2.23 bits per heavy atom. The van der Waals surface area contributed by atoms with E-state index in [1.165, 1.54) is 0 Å². The van der Waals surface area contributed by atoms with Gasteiger partial charge in [0.2, 0.25) is 0 Å². The molecule has 13 heavy (non-hydrogen) atoms. The summed E-state index contributed by atoms with van der Waals surface area (Å²) in [6.45, 7) is 0. The molecule has 0 spiro atoms. The lowest BCUT2D eigenvalue weighted by atomic mass is 10.1. The van der Waals surface area contributed by atoms with E-state index in [9.17, 15) is 0 Å². The Hall–Kier alpha value is -1.44. The van der Waals surface area contributed by atoms with Gasteiger partial charge < -0.3 is 10.1 Å². The Balaban J connectivity index is 2.00. The van der Waals surface area contributed by atoms with Gasteiger partial charge in [-0.3, -0.25) is 0 Å². The molecule has 1 aliphatic carbocycles. The zero-order chi connectivity index (χ0) is 8.67. The predicted molar refractivity (Wildman–Crippen MR) is 52.0 cm³/mol. The number of ether oxygens (including phenoxy) is 1. The van der Waals surface area contributed by atoms with Crippen LogP contribution in [0.4, 0.5) is 5.69 Å². The number of rotatable bonds is 0. The number of fused-ring (bicyclic) bond motifs is 2. The summed E-state index contributed by atoms with van der Waals surface area (Å²) in [7, 11) is 0. The van der Waals surface area contributed by atoms with Crippen molar-refractivity contribution in [3.63, 3.8) is 0 Å². The van der Waals surface area contributed by atoms with Crippen LogP contribution in [0.15, 0.2) is 36.4 Å². The minimum absolute atomic E-state index is 0.231. The summed E-state index contributed by atoms with van der Waals surface area (Å²) in [6.07, 6.45) is 5.61. The minimum atomic E-state index is 0.231. The fraction of sp³-hybridized carbons (Fsp3) is 0.273. The van der Waals surface area contributed by atoms with Gasteiger partial charge in [-0.25, -0.2) is 0 Å². The predicted octanol–water partition coefficient (Wildman–Crippen LogP) is 2.19. The first-order chi connectivity index (χ1) is 6.43. The van der Waals surface area contributed by atoms with Crippen LogP contribution in [0, 0.1) is 0 Å². The highest BCUT2D eigenvalue weighted by Gasteiger charge is 2.29. The molecule has 0 aromatic heterocycles. The lowest BCUT2D eigenvalue weighted by Crippen LogP contribution is -2.36. The number of hydrogen-bond donors (Lipinski definition) is 1. The van der Waals surface area contributed by atoms with E-state index in [0.29, 0.717) is 6.04 Å². The number of hydrogen-bond acceptors (Lipinski definition) is 2. The summed E-state index contributed by atoms with van der Waals surface area (Å²) in [4.78, 5) is 0. The first kappa shape index (κ1) is 7.01. The van der Waals surface area contributed by atoms with E-state index >= 15 is 0 Å². The van der Waals surface area contributed by atoms with E-state index in [1.807, 2.05) is 18.2 Å². The van der Waals surface area contributed by atoms with Crippen LogP contribution in [-0.2, 0) is 0 Å². The largest absolute Gasteiger partial charge is 0.482 e. The van der Waals surface area contributed by atoms with Crippen molar-refractivity contribution in [3.05, 3.63) is 36.4 Å². The average molecular weight is 173 g/mol. The van der Waals surface area contributed by atoms with Crippen LogP contribution in [0.3, 0.4) is 0 Å². The fourth-order valence-electron chi connectivity index (χ4n) is 1.93. The van der Waals surface area contributed by atoms with Gasteiger partial charge in [0.05, 0.1) is 11.7 Å². The lowest BCUT2D eigenvalue weighted by Gasteiger charge is -2.30. The average Bonchev–Trinajstić information content (AvgIpc) is 2.61. The maximum Gasteiger partial charge on any atom is 0.143 e. The molecule has 1 aromatic carbocycles. The van der Waals surface area contributed by atoms with Gasteiger partial charge in [-0.05, 0) is 24.6 Å². The molecule has 1 aliphatic heterocycles. The molecular formula is C11H11NO. The first-order valence-corrected chi connectivity index (χ1v) is 4.62. The lowest BCUT2D eigenvalue weighted by molar-refractivity contribution is 0.224. The molecule has 2 nitrogen and oxygen atoms in total. The van der Waals surface area contributed by atoms with Crippen molar-refractivity contribution in [2.45, 2.75) is 18.6 Å². The van der Waals surface area contributed by atoms with E-state index in [-0.39, 0.29) is 6.10 Å². The molecule has 66 valence electrons. The second-order valence-corrected chi connectivity index (χ2v) is 3.49. The number of para-hydroxylation sites is 2. The third kappa shape index (κ3) is 1.02. The SMILES string of the molecule is C1=CC2Oc3ccccc3NC2C1. The van der Waals surface area contributed by atoms with Crippen LogP contribution in [0.5, 0.6) is 5.75 Å². The molecule has 0 fully saturated rings. The Morgan fingerprint density at radius 3 is 3.23 bits per heavy atom. The van der Waals surface area contributed by atoms with Gasteiger partial charge in [-0.2, -0.15) is 0 Å². The normalized spacial score (nSPS) is 28.6. The zero-order valence-corrected chi connectivity index (χ0v) is 7.23. The monoisotopic (exact) mass is 173 g/mol. The summed E-state index contributed by atoms with van der Waals surface area (Å²) in [5.74, 6) is 0.968. The van der Waals surface area contributed by atoms with E-state index in [4.69, 9.17) is 4.74 Å². The molecular weight excluding hydrogens is 162 g/mol. The van der Waals surface area contributed by atoms with E-state index in [0.717, 1.165) is 17.9 Å². The van der Waals surface area contributed by atoms with Crippen LogP contribution >= 0.6 is 0 Å². The van der Waals surface area contributed by atoms with Crippen molar-refractivity contribution in [2.24, 2.45) is 0 Å². The molecule has 0 saturated heterocycles. The molecule has 1 heterocycles. The van der Waals surface area contributed by atoms with Crippen LogP contribution in [0.1, 0.15) is 6.42 Å². The molecule has 1 N–H and O–H groups in total. The smallest absolute Gasteiger partial charge is 0.143 e. The van der Waals surface area contributed by atoms with Crippen molar-refractivity contribution in [1.29, 1.82) is 0 Å². The quantitative estimate of drug-likeness (QED) is 0.607. The zero-order valence-electron chi connectivity index (χ0n) is 7.23. The molecule has 2 atom stereocenters. The first-order valence-electron chi connectivity index (χ1n) is 4.62. The fourth-order valence-corrected chi connectivity index (χ4v) is 1.93. The second kappa shape index (κ2) is 2.52. The van der Waals surface area contributed by atoms with Crippen molar-refractivity contribution in [1.82, 2.24) is 0 Å². The molecule has 0 bridgehead atoms. The van der Waals surface area contributed by atoms with Crippen molar-refractivity contribution in [3.8, 4) is 5.75 Å². The summed E-state index contributed by atoms with van der Waals surface area (Å²) >= 11 is 0. The number of nitrogens with one attached hydrogen (secondary N) is 1. The van der Waals surface area contributed by atoms with E-state index < -0.39 is 0 Å². The van der Waals surface area contributed by atoms with Crippen molar-refractivity contribution >= 4 is 5.69 Å². The maximum absolute atomic E-state index is 5.81. The molecule has 0 saturated carbocycles. The highest BCUT2D eigenvalue weighted by molar-refractivity contribution is 5.59. The molecule has 2 heteroatoms. The highest BCUT2D eigenvalue weighted by Crippen LogP contribution is 2.34. The molecule has 3 rings (SSSR count). The number of benzene rings is 1. The standard InChI is InChI=1S/C11H11NO/c1-2-6-10-8(4-1)12-9-5-3-7-11(9)13-10/h1-4,6-7,9,11-12H,5H2. The minimum Gasteiger partial charge on any atom is -0.482 e. The van der Waals surface area contributed by atoms with E-state index in [2.05, 4.69) is 23.5 Å². The van der Waals surface area contributed by atoms with Gasteiger partial charge >= 0.3 is 0 Å². The number of anilines is 1. The van der Waals surface area contributed by atoms with Crippen LogP contribution < -0.4 is 10.1 Å². The Labute approximate surface area is 77.2 Å². The Morgan fingerprint density at radius 1 is 1.31 bits per heavy atom. The molecule has 0 amide bonds. The maximum atomic E-state index is 5.81. The van der Waals surface area contributed by atoms with Gasteiger partial charge in [0.15, 0.2) is 0 Å². The van der Waals surface area contributed by atoms with Gasteiger partial charge in [-0.1, -0.05) is 18.2 Å². The molecule has 0 radical (unpaired) electrons. The third-order valence-electron chi connectivity index (χ3n) is 2.60. The Bertz CT molecular complexity index is 359. The summed E-state index contributed by atoms with van der Waals surface area (Å²) in [6, 6.07) is 8.53. The van der Waals surface area contributed by atoms with Gasteiger partial charge in [0.25, 0.3) is 0 Å². The summed E-state index contributed by atoms with van der Waals surface area (Å²) < 4.78 is 5.81. The van der Waals surface area contributed by atoms with Crippen LogP contribution in [0.2, 0.25) is 0 Å². The van der Waals surface area contributed by atoms with Gasteiger partial charge in [-0.15, -0.1) is 0 Å². The van der Waals surface area contributed by atoms with Crippen LogP contribution in [0.25, 0.3) is 0 Å². The summed E-state index contributed by atoms with van der Waals surface area (Å²) in [5, 5.41) is 3.47. The summed E-state index contributed by atoms with van der Waals surface area (Å²) in [5.41, 5.74) is 1.12.